The quantitative estimate of drug-likeness (QED) is 0.0679. The summed E-state index contributed by atoms with van der Waals surface area (Å²) in [5.74, 6) is -0.0276. The van der Waals surface area contributed by atoms with Gasteiger partial charge >= 0.3 is 0 Å². The second kappa shape index (κ2) is 18.2. The van der Waals surface area contributed by atoms with Crippen molar-refractivity contribution in [1.82, 2.24) is 60.3 Å². The molecule has 0 saturated heterocycles. The Morgan fingerprint density at radius 1 is 0.603 bits per heavy atom. The Hall–Kier alpha value is -9.84. The number of nitrogens with one attached hydrogen (secondary N) is 6. The molecule has 0 fully saturated rings. The number of aromatic amines is 4. The monoisotopic (exact) mass is 966 g/mol. The van der Waals surface area contributed by atoms with Crippen LogP contribution in [0.1, 0.15) is 25.8 Å². The Labute approximate surface area is 412 Å². The normalized spacial score (nSPS) is 12.0. The van der Waals surface area contributed by atoms with Gasteiger partial charge in [-0.05, 0) is 83.8 Å². The molecule has 2 amide bonds. The molecule has 12 aromatic rings. The summed E-state index contributed by atoms with van der Waals surface area (Å²) in [6.07, 6.45) is 9.07. The minimum Gasteiger partial charge on any atom is -0.337 e. The topological polar surface area (TPSA) is 224 Å². The number of rotatable bonds is 12. The summed E-state index contributed by atoms with van der Waals surface area (Å²) < 4.78 is 27.9. The molecular weight excluding hydrogens is 927 g/mol. The number of amides is 2. The molecule has 0 bridgehead atoms. The van der Waals surface area contributed by atoms with Gasteiger partial charge in [0.25, 0.3) is 0 Å². The lowest BCUT2D eigenvalue weighted by atomic mass is 9.95. The molecular formula is C55H40F2N14O2. The molecule has 16 nitrogen and oxygen atoms in total. The maximum absolute atomic E-state index is 14.1. The van der Waals surface area contributed by atoms with Crippen LogP contribution in [0.25, 0.3) is 112 Å². The predicted molar refractivity (Wildman–Crippen MR) is 276 cm³/mol. The summed E-state index contributed by atoms with van der Waals surface area (Å²) in [5.41, 5.74) is 12.7. The van der Waals surface area contributed by atoms with Crippen molar-refractivity contribution in [2.45, 2.75) is 26.7 Å². The van der Waals surface area contributed by atoms with Crippen molar-refractivity contribution < 1.29 is 18.4 Å². The third kappa shape index (κ3) is 8.45. The van der Waals surface area contributed by atoms with Crippen LogP contribution in [-0.2, 0) is 16.0 Å². The van der Waals surface area contributed by atoms with Gasteiger partial charge in [0.15, 0.2) is 22.9 Å². The first-order chi connectivity index (χ1) is 35.6. The number of H-pyrrole nitrogens is 4. The smallest absolute Gasteiger partial charge is 0.227 e. The minimum atomic E-state index is -0.516. The van der Waals surface area contributed by atoms with Gasteiger partial charge in [-0.1, -0.05) is 62.4 Å². The number of carbonyl (C=O) groups is 2. The number of imidazole rings is 2. The number of aromatic nitrogens is 12. The Kier molecular flexibility index (Phi) is 11.0. The summed E-state index contributed by atoms with van der Waals surface area (Å²) in [4.78, 5) is 61.0. The van der Waals surface area contributed by atoms with Gasteiger partial charge in [-0.25, -0.2) is 33.7 Å². The zero-order chi connectivity index (χ0) is 49.7. The van der Waals surface area contributed by atoms with Crippen LogP contribution in [-0.4, -0.2) is 72.1 Å². The highest BCUT2D eigenvalue weighted by Gasteiger charge is 2.23. The maximum atomic E-state index is 14.1. The van der Waals surface area contributed by atoms with Crippen molar-refractivity contribution in [3.8, 4) is 67.5 Å². The molecule has 73 heavy (non-hydrogen) atoms. The van der Waals surface area contributed by atoms with E-state index in [1.54, 1.807) is 68.2 Å². The Bertz CT molecular complexity index is 4090. The number of hydrogen-bond acceptors (Lipinski definition) is 10. The molecule has 8 aromatic heterocycles. The van der Waals surface area contributed by atoms with E-state index >= 15 is 0 Å². The van der Waals surface area contributed by atoms with Gasteiger partial charge in [-0.3, -0.25) is 24.8 Å². The van der Waals surface area contributed by atoms with Gasteiger partial charge < -0.3 is 20.6 Å². The number of para-hydroxylation sites is 1. The van der Waals surface area contributed by atoms with E-state index in [0.717, 1.165) is 66.5 Å². The molecule has 0 aliphatic rings. The molecule has 0 aliphatic carbocycles. The van der Waals surface area contributed by atoms with E-state index in [9.17, 15) is 18.4 Å². The number of fused-ring (bicyclic) bond motifs is 4. The van der Waals surface area contributed by atoms with Crippen molar-refractivity contribution >= 4 is 67.5 Å². The van der Waals surface area contributed by atoms with Crippen molar-refractivity contribution in [2.75, 3.05) is 10.6 Å². The molecule has 18 heteroatoms. The lowest BCUT2D eigenvalue weighted by Gasteiger charge is -2.14. The first kappa shape index (κ1) is 44.4. The third-order valence-corrected chi connectivity index (χ3v) is 12.8. The van der Waals surface area contributed by atoms with Crippen LogP contribution in [0, 0.1) is 17.6 Å². The standard InChI is InChI=1S/C55H40F2N14O2/c1-3-45(72)64-44-18-12-32(24-59-44)34-21-41-50(69-71-51(41)60-25-34)54-65-46-31(11-17-40(48(46)67-54)30-9-15-37(57)16-10-30)19-28(2)55(73)62-38-20-33(23-58-27-38)35-22-42-49(68-70-52(42)61-26-35)53-63-43-6-4-5-39(47(43)66-53)29-7-13-36(56)14-8-29/h4-18,20-28H,3,19H2,1-2H3,(H,62,73)(H,63,66)(H,65,67)(H,59,64,72)(H,60,69,71)(H,61,68,70). The van der Waals surface area contributed by atoms with E-state index in [4.69, 9.17) is 9.97 Å². The summed E-state index contributed by atoms with van der Waals surface area (Å²) in [6.45, 7) is 3.63. The number of hydrogen-bond donors (Lipinski definition) is 6. The van der Waals surface area contributed by atoms with Crippen molar-refractivity contribution in [3.63, 3.8) is 0 Å². The van der Waals surface area contributed by atoms with Crippen molar-refractivity contribution in [1.29, 1.82) is 0 Å². The van der Waals surface area contributed by atoms with E-state index in [1.165, 1.54) is 24.3 Å². The zero-order valence-electron chi connectivity index (χ0n) is 38.9. The van der Waals surface area contributed by atoms with E-state index in [0.29, 0.717) is 75.1 Å². The summed E-state index contributed by atoms with van der Waals surface area (Å²) in [5, 5.41) is 22.4. The van der Waals surface area contributed by atoms with Crippen molar-refractivity contribution in [3.05, 3.63) is 157 Å². The number of halogens is 2. The van der Waals surface area contributed by atoms with E-state index in [-0.39, 0.29) is 23.4 Å². The first-order valence-corrected chi connectivity index (χ1v) is 23.4. The largest absolute Gasteiger partial charge is 0.337 e. The summed E-state index contributed by atoms with van der Waals surface area (Å²) >= 11 is 0. The lowest BCUT2D eigenvalue weighted by molar-refractivity contribution is -0.119. The predicted octanol–water partition coefficient (Wildman–Crippen LogP) is 11.2. The van der Waals surface area contributed by atoms with Gasteiger partial charge in [-0.2, -0.15) is 10.2 Å². The van der Waals surface area contributed by atoms with Crippen LogP contribution in [0.4, 0.5) is 20.3 Å². The highest BCUT2D eigenvalue weighted by atomic mass is 19.1. The summed E-state index contributed by atoms with van der Waals surface area (Å²) in [6, 6.07) is 31.6. The highest BCUT2D eigenvalue weighted by Crippen LogP contribution is 2.37. The molecule has 0 saturated carbocycles. The highest BCUT2D eigenvalue weighted by molar-refractivity contribution is 6.01. The van der Waals surface area contributed by atoms with E-state index in [2.05, 4.69) is 60.9 Å². The zero-order valence-corrected chi connectivity index (χ0v) is 38.9. The number of nitrogens with zero attached hydrogens (tertiary/aromatic N) is 8. The van der Waals surface area contributed by atoms with Gasteiger partial charge in [-0.15, -0.1) is 0 Å². The second-order valence-electron chi connectivity index (χ2n) is 17.7. The van der Waals surface area contributed by atoms with Crippen LogP contribution in [0.3, 0.4) is 0 Å². The minimum absolute atomic E-state index is 0.128. The fraction of sp³-hybridized carbons (Fsp3) is 0.0909. The molecule has 0 radical (unpaired) electrons. The molecule has 0 spiro atoms. The SMILES string of the molecule is CCC(=O)Nc1ccc(-c2cnc3n[nH]c(-c4nc5c(CC(C)C(=O)Nc6cncc(-c7cnc8n[nH]c(-c9nc%10c(-c%11ccc(F)cc%11)cccc%10[nH]9)c8c7)c6)ccc(-c6ccc(F)cc6)c5[nH]4)c3c2)cn1. The number of pyridine rings is 4. The summed E-state index contributed by atoms with van der Waals surface area (Å²) in [7, 11) is 0. The molecule has 8 heterocycles. The number of benzene rings is 4. The van der Waals surface area contributed by atoms with Gasteiger partial charge in [0.2, 0.25) is 11.8 Å². The molecule has 356 valence electrons. The molecule has 1 atom stereocenters. The van der Waals surface area contributed by atoms with Gasteiger partial charge in [0.05, 0.1) is 44.7 Å². The lowest BCUT2D eigenvalue weighted by Crippen LogP contribution is -2.22. The van der Waals surface area contributed by atoms with Crippen LogP contribution in [0.15, 0.2) is 140 Å². The van der Waals surface area contributed by atoms with Crippen LogP contribution >= 0.6 is 0 Å². The van der Waals surface area contributed by atoms with Gasteiger partial charge in [0.1, 0.15) is 28.8 Å². The van der Waals surface area contributed by atoms with Crippen molar-refractivity contribution in [2.24, 2.45) is 5.92 Å². The second-order valence-corrected chi connectivity index (χ2v) is 17.7. The third-order valence-electron chi connectivity index (χ3n) is 12.8. The van der Waals surface area contributed by atoms with E-state index in [1.807, 2.05) is 61.5 Å². The molecule has 4 aromatic carbocycles. The van der Waals surface area contributed by atoms with Crippen LogP contribution < -0.4 is 10.6 Å². The number of anilines is 2. The average molecular weight is 967 g/mol. The molecule has 0 aliphatic heterocycles. The van der Waals surface area contributed by atoms with Crippen LogP contribution in [0.2, 0.25) is 0 Å². The maximum Gasteiger partial charge on any atom is 0.227 e. The fourth-order valence-electron chi connectivity index (χ4n) is 9.01. The first-order valence-electron chi connectivity index (χ1n) is 23.4. The Morgan fingerprint density at radius 3 is 1.89 bits per heavy atom. The Morgan fingerprint density at radius 2 is 1.22 bits per heavy atom. The molecule has 6 N–H and O–H groups in total. The fourth-order valence-corrected chi connectivity index (χ4v) is 9.01. The molecule has 1 unspecified atom stereocenters. The van der Waals surface area contributed by atoms with Crippen LogP contribution in [0.5, 0.6) is 0 Å². The Balaban J connectivity index is 0.814. The average Bonchev–Trinajstić information content (AvgIpc) is 4.24. The van der Waals surface area contributed by atoms with E-state index < -0.39 is 5.92 Å². The number of carbonyl (C=O) groups excluding carboxylic acids is 2. The van der Waals surface area contributed by atoms with Gasteiger partial charge in [0, 0.05) is 70.5 Å². The molecule has 12 rings (SSSR count).